The van der Waals surface area contributed by atoms with Crippen molar-refractivity contribution < 1.29 is 18.0 Å². The molecule has 150 valence electrons. The second-order valence-corrected chi connectivity index (χ2v) is 10.1. The zero-order valence-corrected chi connectivity index (χ0v) is 18.0. The van der Waals surface area contributed by atoms with Crippen molar-refractivity contribution in [1.29, 1.82) is 0 Å². The van der Waals surface area contributed by atoms with Crippen molar-refractivity contribution in [3.63, 3.8) is 0 Å². The minimum absolute atomic E-state index is 0.00894. The van der Waals surface area contributed by atoms with E-state index in [9.17, 15) is 18.0 Å². The van der Waals surface area contributed by atoms with Crippen LogP contribution in [-0.4, -0.2) is 42.6 Å². The molecule has 2 heterocycles. The molecule has 1 aliphatic heterocycles. The lowest BCUT2D eigenvalue weighted by Crippen LogP contribution is -2.43. The number of benzene rings is 1. The van der Waals surface area contributed by atoms with Crippen molar-refractivity contribution in [3.8, 4) is 0 Å². The van der Waals surface area contributed by atoms with Gasteiger partial charge in [0.1, 0.15) is 0 Å². The molecule has 1 fully saturated rings. The first-order valence-electron chi connectivity index (χ1n) is 8.55. The van der Waals surface area contributed by atoms with Gasteiger partial charge >= 0.3 is 0 Å². The number of nitrogens with zero attached hydrogens (tertiary/aromatic N) is 2. The number of sulfonamides is 1. The fourth-order valence-corrected chi connectivity index (χ4v) is 5.46. The van der Waals surface area contributed by atoms with Crippen LogP contribution in [0.15, 0.2) is 39.0 Å². The van der Waals surface area contributed by atoms with E-state index in [0.29, 0.717) is 30.2 Å². The van der Waals surface area contributed by atoms with Gasteiger partial charge in [0.2, 0.25) is 21.8 Å². The molecule has 11 heteroatoms. The van der Waals surface area contributed by atoms with Crippen LogP contribution in [0.5, 0.6) is 0 Å². The molecule has 1 saturated heterocycles. The Balaban J connectivity index is 1.67. The van der Waals surface area contributed by atoms with Crippen molar-refractivity contribution in [2.45, 2.75) is 24.2 Å². The fourth-order valence-electron chi connectivity index (χ4n) is 2.96. The maximum Gasteiger partial charge on any atom is 0.243 e. The van der Waals surface area contributed by atoms with Gasteiger partial charge in [0, 0.05) is 22.9 Å². The average molecular weight is 487 g/mol. The maximum atomic E-state index is 12.9. The maximum absolute atomic E-state index is 12.9. The zero-order chi connectivity index (χ0) is 20.3. The van der Waals surface area contributed by atoms with Crippen LogP contribution in [0.2, 0.25) is 0 Å². The first-order valence-corrected chi connectivity index (χ1v) is 11.7. The van der Waals surface area contributed by atoms with Gasteiger partial charge in [0.15, 0.2) is 5.13 Å². The van der Waals surface area contributed by atoms with Gasteiger partial charge in [-0.3, -0.25) is 9.59 Å². The molecule has 1 aliphatic rings. The van der Waals surface area contributed by atoms with E-state index in [2.05, 4.69) is 26.2 Å². The molecular weight excluding hydrogens is 468 g/mol. The van der Waals surface area contributed by atoms with Crippen LogP contribution in [0.25, 0.3) is 0 Å². The standard InChI is InChI=1S/C17H19BrN4O4S2/c18-12-3-5-14(6-4-12)28(25,26)22-7-1-2-11(9-22)16(24)21-17-20-13(10-27-17)8-15(19)23/h3-6,10-11H,1-2,7-9H2,(H2,19,23)(H,20,21,24). The zero-order valence-electron chi connectivity index (χ0n) is 14.8. The van der Waals surface area contributed by atoms with Gasteiger partial charge in [-0.05, 0) is 37.1 Å². The number of rotatable bonds is 6. The highest BCUT2D eigenvalue weighted by Crippen LogP contribution is 2.26. The van der Waals surface area contributed by atoms with E-state index in [4.69, 9.17) is 5.73 Å². The summed E-state index contributed by atoms with van der Waals surface area (Å²) in [6.45, 7) is 0.492. The highest BCUT2D eigenvalue weighted by Gasteiger charge is 2.33. The lowest BCUT2D eigenvalue weighted by Gasteiger charge is -2.31. The summed E-state index contributed by atoms with van der Waals surface area (Å²) in [5.41, 5.74) is 5.63. The normalized spacial score (nSPS) is 18.0. The molecule has 8 nitrogen and oxygen atoms in total. The van der Waals surface area contributed by atoms with Gasteiger partial charge in [0.05, 0.1) is 22.9 Å². The number of thiazole rings is 1. The monoisotopic (exact) mass is 486 g/mol. The molecule has 1 aromatic carbocycles. The highest BCUT2D eigenvalue weighted by atomic mass is 79.9. The van der Waals surface area contributed by atoms with E-state index in [-0.39, 0.29) is 23.8 Å². The van der Waals surface area contributed by atoms with Crippen molar-refractivity contribution in [2.75, 3.05) is 18.4 Å². The number of halogens is 1. The molecule has 0 saturated carbocycles. The van der Waals surface area contributed by atoms with Gasteiger partial charge < -0.3 is 11.1 Å². The van der Waals surface area contributed by atoms with Crippen LogP contribution < -0.4 is 11.1 Å². The second kappa shape index (κ2) is 8.68. The number of carbonyl (C=O) groups excluding carboxylic acids is 2. The first kappa shape index (κ1) is 20.9. The van der Waals surface area contributed by atoms with Crippen molar-refractivity contribution >= 4 is 54.2 Å². The number of hydrogen-bond donors (Lipinski definition) is 2. The Bertz CT molecular complexity index is 975. The molecule has 0 aliphatic carbocycles. The molecule has 0 radical (unpaired) electrons. The molecule has 2 aromatic rings. The van der Waals surface area contributed by atoms with Crippen molar-refractivity contribution in [2.24, 2.45) is 11.7 Å². The van der Waals surface area contributed by atoms with Gasteiger partial charge in [-0.15, -0.1) is 11.3 Å². The molecule has 1 atom stereocenters. The number of anilines is 1. The fraction of sp³-hybridized carbons (Fsp3) is 0.353. The summed E-state index contributed by atoms with van der Waals surface area (Å²) in [6.07, 6.45) is 1.20. The summed E-state index contributed by atoms with van der Waals surface area (Å²) in [5.74, 6) is -1.25. The first-order chi connectivity index (χ1) is 13.3. The van der Waals surface area contributed by atoms with E-state index in [1.165, 1.54) is 15.6 Å². The molecule has 0 spiro atoms. The number of nitrogens with two attached hydrogens (primary N) is 1. The summed E-state index contributed by atoms with van der Waals surface area (Å²) in [7, 11) is -3.66. The number of amides is 2. The SMILES string of the molecule is NC(=O)Cc1csc(NC(=O)C2CCCN(S(=O)(=O)c3ccc(Br)cc3)C2)n1. The second-order valence-electron chi connectivity index (χ2n) is 6.43. The summed E-state index contributed by atoms with van der Waals surface area (Å²) in [4.78, 5) is 27.9. The largest absolute Gasteiger partial charge is 0.369 e. The lowest BCUT2D eigenvalue weighted by molar-refractivity contribution is -0.121. The van der Waals surface area contributed by atoms with Gasteiger partial charge in [-0.1, -0.05) is 15.9 Å². The molecule has 3 rings (SSSR count). The summed E-state index contributed by atoms with van der Waals surface area (Å²) in [5, 5.41) is 4.74. The molecule has 28 heavy (non-hydrogen) atoms. The van der Waals surface area contributed by atoms with E-state index >= 15 is 0 Å². The van der Waals surface area contributed by atoms with Crippen LogP contribution in [0, 0.1) is 5.92 Å². The number of primary amides is 1. The van der Waals surface area contributed by atoms with Crippen LogP contribution in [0.3, 0.4) is 0 Å². The Labute approximate surface area is 175 Å². The van der Waals surface area contributed by atoms with Crippen LogP contribution in [-0.2, 0) is 26.0 Å². The smallest absolute Gasteiger partial charge is 0.243 e. The predicted octanol–water partition coefficient (Wildman–Crippen LogP) is 1.97. The molecule has 2 amide bonds. The quantitative estimate of drug-likeness (QED) is 0.645. The van der Waals surface area contributed by atoms with E-state index in [0.717, 1.165) is 4.47 Å². The van der Waals surface area contributed by atoms with Crippen molar-refractivity contribution in [3.05, 3.63) is 39.8 Å². The topological polar surface area (TPSA) is 122 Å². The Morgan fingerprint density at radius 3 is 2.71 bits per heavy atom. The van der Waals surface area contributed by atoms with Crippen LogP contribution in [0.4, 0.5) is 5.13 Å². The molecule has 1 unspecified atom stereocenters. The Morgan fingerprint density at radius 1 is 1.32 bits per heavy atom. The third-order valence-electron chi connectivity index (χ3n) is 4.34. The van der Waals surface area contributed by atoms with Gasteiger partial charge in [-0.2, -0.15) is 4.31 Å². The highest BCUT2D eigenvalue weighted by molar-refractivity contribution is 9.10. The number of nitrogens with one attached hydrogen (secondary N) is 1. The minimum atomic E-state index is -3.66. The average Bonchev–Trinajstić information content (AvgIpc) is 3.08. The summed E-state index contributed by atoms with van der Waals surface area (Å²) < 4.78 is 27.9. The summed E-state index contributed by atoms with van der Waals surface area (Å²) >= 11 is 4.49. The minimum Gasteiger partial charge on any atom is -0.369 e. The number of piperidine rings is 1. The Hall–Kier alpha value is -1.82. The van der Waals surface area contributed by atoms with E-state index < -0.39 is 21.8 Å². The third kappa shape index (κ3) is 4.96. The predicted molar refractivity (Wildman–Crippen MR) is 109 cm³/mol. The number of hydrogen-bond acceptors (Lipinski definition) is 6. The molecule has 0 bridgehead atoms. The van der Waals surface area contributed by atoms with Crippen molar-refractivity contribution in [1.82, 2.24) is 9.29 Å². The number of aromatic nitrogens is 1. The van der Waals surface area contributed by atoms with E-state index in [1.54, 1.807) is 29.6 Å². The van der Waals surface area contributed by atoms with Crippen LogP contribution >= 0.6 is 27.3 Å². The van der Waals surface area contributed by atoms with Gasteiger partial charge in [-0.25, -0.2) is 13.4 Å². The lowest BCUT2D eigenvalue weighted by atomic mass is 9.99. The molecule has 3 N–H and O–H groups in total. The Kier molecular flexibility index (Phi) is 6.48. The van der Waals surface area contributed by atoms with E-state index in [1.807, 2.05) is 0 Å². The van der Waals surface area contributed by atoms with Crippen LogP contribution in [0.1, 0.15) is 18.5 Å². The molecular formula is C17H19BrN4O4S2. The molecule has 1 aromatic heterocycles. The summed E-state index contributed by atoms with van der Waals surface area (Å²) in [6, 6.07) is 6.43. The Morgan fingerprint density at radius 2 is 2.04 bits per heavy atom. The van der Waals surface area contributed by atoms with Gasteiger partial charge in [0.25, 0.3) is 0 Å². The third-order valence-corrected chi connectivity index (χ3v) is 7.56. The number of carbonyl (C=O) groups is 2.